The van der Waals surface area contributed by atoms with Gasteiger partial charge in [-0.15, -0.1) is 0 Å². The predicted octanol–water partition coefficient (Wildman–Crippen LogP) is 3.50. The number of methoxy groups -OCH3 is 1. The van der Waals surface area contributed by atoms with Gasteiger partial charge in [0, 0.05) is 13.1 Å². The van der Waals surface area contributed by atoms with Gasteiger partial charge in [0.15, 0.2) is 0 Å². The number of carbonyl (C=O) groups is 1. The average Bonchev–Trinajstić information content (AvgIpc) is 3.37. The van der Waals surface area contributed by atoms with Crippen LogP contribution in [0.25, 0.3) is 0 Å². The van der Waals surface area contributed by atoms with E-state index < -0.39 is 16.1 Å². The lowest BCUT2D eigenvalue weighted by Gasteiger charge is -2.35. The fraction of sp³-hybridized carbons (Fsp3) is 0.500. The number of ether oxygens (including phenoxy) is 1. The molecule has 0 unspecified atom stereocenters. The first-order chi connectivity index (χ1) is 16.4. The molecule has 34 heavy (non-hydrogen) atoms. The number of hydrogen-bond acceptors (Lipinski definition) is 5. The zero-order valence-corrected chi connectivity index (χ0v) is 20.9. The van der Waals surface area contributed by atoms with Crippen molar-refractivity contribution in [3.8, 4) is 5.75 Å². The van der Waals surface area contributed by atoms with Crippen LogP contribution >= 0.6 is 0 Å². The Bertz CT molecular complexity index is 1060. The van der Waals surface area contributed by atoms with E-state index >= 15 is 0 Å². The highest BCUT2D eigenvalue weighted by Gasteiger charge is 2.39. The summed E-state index contributed by atoms with van der Waals surface area (Å²) in [5, 5.41) is 3.09. The minimum atomic E-state index is -3.72. The van der Waals surface area contributed by atoms with Crippen LogP contribution in [0.15, 0.2) is 53.4 Å². The largest absolute Gasteiger partial charge is 0.497 e. The summed E-state index contributed by atoms with van der Waals surface area (Å²) in [5.74, 6) is 0.580. The topological polar surface area (TPSA) is 79.0 Å². The van der Waals surface area contributed by atoms with Crippen LogP contribution in [-0.2, 0) is 14.8 Å². The number of carbonyl (C=O) groups excluding carboxylic acids is 1. The summed E-state index contributed by atoms with van der Waals surface area (Å²) >= 11 is 0. The van der Waals surface area contributed by atoms with Gasteiger partial charge in [-0.25, -0.2) is 8.42 Å². The van der Waals surface area contributed by atoms with Crippen molar-refractivity contribution in [2.24, 2.45) is 0 Å². The molecule has 184 valence electrons. The van der Waals surface area contributed by atoms with Crippen molar-refractivity contribution < 1.29 is 17.9 Å². The highest BCUT2D eigenvalue weighted by molar-refractivity contribution is 7.89. The van der Waals surface area contributed by atoms with Crippen molar-refractivity contribution in [1.29, 1.82) is 0 Å². The van der Waals surface area contributed by atoms with E-state index in [1.807, 2.05) is 31.2 Å². The van der Waals surface area contributed by atoms with Crippen LogP contribution in [0.5, 0.6) is 5.75 Å². The number of amides is 1. The molecule has 8 heteroatoms. The molecular weight excluding hydrogens is 450 g/mol. The van der Waals surface area contributed by atoms with Crippen LogP contribution in [0.2, 0.25) is 0 Å². The minimum absolute atomic E-state index is 0.0405. The molecule has 0 saturated carbocycles. The van der Waals surface area contributed by atoms with Crippen molar-refractivity contribution in [1.82, 2.24) is 14.5 Å². The molecule has 2 aromatic carbocycles. The van der Waals surface area contributed by atoms with Gasteiger partial charge in [0.25, 0.3) is 0 Å². The van der Waals surface area contributed by atoms with Gasteiger partial charge < -0.3 is 10.1 Å². The summed E-state index contributed by atoms with van der Waals surface area (Å²) in [7, 11) is -2.07. The molecule has 2 aromatic rings. The Morgan fingerprint density at radius 2 is 1.68 bits per heavy atom. The lowest BCUT2D eigenvalue weighted by atomic mass is 10.0. The van der Waals surface area contributed by atoms with Gasteiger partial charge in [0.05, 0.1) is 18.0 Å². The third-order valence-electron chi connectivity index (χ3n) is 6.94. The Balaban J connectivity index is 1.48. The maximum Gasteiger partial charge on any atom is 0.243 e. The molecular formula is C26H35N3O4S. The Labute approximate surface area is 203 Å². The fourth-order valence-electron chi connectivity index (χ4n) is 4.96. The summed E-state index contributed by atoms with van der Waals surface area (Å²) in [5.41, 5.74) is 2.12. The zero-order valence-electron chi connectivity index (χ0n) is 20.1. The first kappa shape index (κ1) is 24.7. The molecule has 2 fully saturated rings. The highest BCUT2D eigenvalue weighted by Crippen LogP contribution is 2.28. The third-order valence-corrected chi connectivity index (χ3v) is 8.86. The van der Waals surface area contributed by atoms with Crippen LogP contribution in [0.4, 0.5) is 0 Å². The molecule has 0 radical (unpaired) electrons. The second-order valence-electron chi connectivity index (χ2n) is 9.22. The van der Waals surface area contributed by atoms with Gasteiger partial charge in [-0.05, 0) is 75.5 Å². The van der Waals surface area contributed by atoms with Crippen molar-refractivity contribution in [3.63, 3.8) is 0 Å². The molecule has 0 aliphatic carbocycles. The maximum absolute atomic E-state index is 13.3. The average molecular weight is 486 g/mol. The Hall–Kier alpha value is -2.42. The number of hydrogen-bond donors (Lipinski definition) is 1. The number of nitrogens with one attached hydrogen (secondary N) is 1. The molecule has 2 atom stereocenters. The van der Waals surface area contributed by atoms with E-state index in [9.17, 15) is 13.2 Å². The van der Waals surface area contributed by atoms with E-state index in [4.69, 9.17) is 4.74 Å². The second-order valence-corrected chi connectivity index (χ2v) is 11.1. The quantitative estimate of drug-likeness (QED) is 0.619. The van der Waals surface area contributed by atoms with E-state index in [-0.39, 0.29) is 16.8 Å². The van der Waals surface area contributed by atoms with E-state index in [2.05, 4.69) is 10.2 Å². The summed E-state index contributed by atoms with van der Waals surface area (Å²) in [4.78, 5) is 15.9. The molecule has 0 spiro atoms. The Morgan fingerprint density at radius 1 is 1.00 bits per heavy atom. The van der Waals surface area contributed by atoms with Gasteiger partial charge in [-0.3, -0.25) is 9.69 Å². The summed E-state index contributed by atoms with van der Waals surface area (Å²) in [6.07, 6.45) is 4.73. The first-order valence-electron chi connectivity index (χ1n) is 12.1. The van der Waals surface area contributed by atoms with Crippen molar-refractivity contribution >= 4 is 15.9 Å². The fourth-order valence-corrected chi connectivity index (χ4v) is 6.62. The number of nitrogens with zero attached hydrogens (tertiary/aromatic N) is 2. The smallest absolute Gasteiger partial charge is 0.243 e. The lowest BCUT2D eigenvalue weighted by molar-refractivity contribution is -0.124. The summed E-state index contributed by atoms with van der Waals surface area (Å²) < 4.78 is 33.2. The van der Waals surface area contributed by atoms with Crippen molar-refractivity contribution in [3.05, 3.63) is 59.7 Å². The monoisotopic (exact) mass is 485 g/mol. The molecule has 4 rings (SSSR count). The Kier molecular flexibility index (Phi) is 7.91. The molecule has 0 bridgehead atoms. The molecule has 0 aromatic heterocycles. The van der Waals surface area contributed by atoms with Gasteiger partial charge >= 0.3 is 0 Å². The van der Waals surface area contributed by atoms with Gasteiger partial charge in [0.2, 0.25) is 15.9 Å². The highest BCUT2D eigenvalue weighted by atomic mass is 32.2. The standard InChI is InChI=1S/C26H35N3O4S/c1-20-8-14-23(15-9-20)34(31,32)29-18-6-7-24(29)26(30)27-19-25(28-16-4-3-5-17-28)21-10-12-22(33-2)13-11-21/h8-15,24-25H,3-7,16-19H2,1-2H3,(H,27,30)/t24-,25+/m1/s1. The van der Waals surface area contributed by atoms with Crippen LogP contribution in [-0.4, -0.2) is 62.9 Å². The minimum Gasteiger partial charge on any atom is -0.497 e. The van der Waals surface area contributed by atoms with E-state index in [0.29, 0.717) is 25.9 Å². The van der Waals surface area contributed by atoms with E-state index in [1.165, 1.54) is 10.7 Å². The van der Waals surface area contributed by atoms with Crippen LogP contribution < -0.4 is 10.1 Å². The number of likely N-dealkylation sites (tertiary alicyclic amines) is 1. The van der Waals surface area contributed by atoms with Crippen molar-refractivity contribution in [2.75, 3.05) is 33.3 Å². The van der Waals surface area contributed by atoms with Gasteiger partial charge in [-0.2, -0.15) is 4.31 Å². The molecule has 2 aliphatic heterocycles. The van der Waals surface area contributed by atoms with Crippen LogP contribution in [0.3, 0.4) is 0 Å². The van der Waals surface area contributed by atoms with Crippen molar-refractivity contribution in [2.45, 2.75) is 56.0 Å². The van der Waals surface area contributed by atoms with Gasteiger partial charge in [-0.1, -0.05) is 36.2 Å². The lowest BCUT2D eigenvalue weighted by Crippen LogP contribution is -2.48. The number of aryl methyl sites for hydroxylation is 1. The first-order valence-corrected chi connectivity index (χ1v) is 13.6. The third kappa shape index (κ3) is 5.45. The number of piperidine rings is 1. The van der Waals surface area contributed by atoms with Crippen LogP contribution in [0, 0.1) is 6.92 Å². The van der Waals surface area contributed by atoms with E-state index in [1.54, 1.807) is 31.4 Å². The molecule has 2 aliphatic rings. The normalized spacial score (nSPS) is 20.7. The molecule has 2 saturated heterocycles. The molecule has 2 heterocycles. The Morgan fingerprint density at radius 3 is 2.32 bits per heavy atom. The molecule has 1 N–H and O–H groups in total. The summed E-state index contributed by atoms with van der Waals surface area (Å²) in [6.45, 7) is 4.71. The molecule has 7 nitrogen and oxygen atoms in total. The number of sulfonamides is 1. The zero-order chi connectivity index (χ0) is 24.1. The number of rotatable bonds is 8. The number of benzene rings is 2. The van der Waals surface area contributed by atoms with Gasteiger partial charge in [0.1, 0.15) is 11.8 Å². The van der Waals surface area contributed by atoms with E-state index in [0.717, 1.165) is 42.8 Å². The second kappa shape index (κ2) is 10.9. The predicted molar refractivity (Wildman–Crippen MR) is 132 cm³/mol. The maximum atomic E-state index is 13.3. The SMILES string of the molecule is COc1ccc([C@H](CNC(=O)[C@H]2CCCN2S(=O)(=O)c2ccc(C)cc2)N2CCCCC2)cc1. The molecule has 1 amide bonds. The summed E-state index contributed by atoms with van der Waals surface area (Å²) in [6, 6.07) is 14.2. The van der Waals surface area contributed by atoms with Crippen LogP contribution in [0.1, 0.15) is 49.3 Å².